The minimum Gasteiger partial charge on any atom is -0.478 e. The largest absolute Gasteiger partial charge is 0.478 e. The van der Waals surface area contributed by atoms with Gasteiger partial charge in [-0.25, -0.2) is 14.3 Å². The first-order valence-corrected chi connectivity index (χ1v) is 5.67. The zero-order valence-corrected chi connectivity index (χ0v) is 10.5. The van der Waals surface area contributed by atoms with Gasteiger partial charge < -0.3 is 9.84 Å². The lowest BCUT2D eigenvalue weighted by atomic mass is 10.1. The van der Waals surface area contributed by atoms with Gasteiger partial charge in [0.05, 0.1) is 11.3 Å². The standard InChI is InChI=1S/C13H11FN2O4/c1-7-4-11(12(17)16-15-7)20-10-3-2-8(13(18)19)5-9(10)6-14/h2-5H,6H2,1H3,(H,16,17)(H,18,19). The SMILES string of the molecule is Cc1cc(Oc2ccc(C(=O)O)cc2CF)c(=O)[nH]n1. The fraction of sp³-hybridized carbons (Fsp3) is 0.154. The normalized spacial score (nSPS) is 10.3. The molecule has 0 fully saturated rings. The van der Waals surface area contributed by atoms with E-state index in [9.17, 15) is 14.0 Å². The highest BCUT2D eigenvalue weighted by atomic mass is 19.1. The summed E-state index contributed by atoms with van der Waals surface area (Å²) in [6, 6.07) is 5.17. The van der Waals surface area contributed by atoms with E-state index in [0.717, 1.165) is 0 Å². The third-order valence-corrected chi connectivity index (χ3v) is 2.57. The van der Waals surface area contributed by atoms with Gasteiger partial charge in [-0.05, 0) is 25.1 Å². The zero-order valence-electron chi connectivity index (χ0n) is 10.5. The van der Waals surface area contributed by atoms with E-state index in [4.69, 9.17) is 9.84 Å². The molecule has 0 spiro atoms. The van der Waals surface area contributed by atoms with Gasteiger partial charge in [-0.3, -0.25) is 4.79 Å². The van der Waals surface area contributed by atoms with Crippen LogP contribution in [0.4, 0.5) is 4.39 Å². The van der Waals surface area contributed by atoms with Crippen molar-refractivity contribution in [3.63, 3.8) is 0 Å². The summed E-state index contributed by atoms with van der Waals surface area (Å²) < 4.78 is 18.3. The van der Waals surface area contributed by atoms with E-state index < -0.39 is 18.2 Å². The van der Waals surface area contributed by atoms with E-state index in [2.05, 4.69) is 10.2 Å². The van der Waals surface area contributed by atoms with E-state index in [1.165, 1.54) is 24.3 Å². The third kappa shape index (κ3) is 2.82. The summed E-state index contributed by atoms with van der Waals surface area (Å²) in [4.78, 5) is 22.3. The Hall–Kier alpha value is -2.70. The van der Waals surface area contributed by atoms with Gasteiger partial charge in [0.15, 0.2) is 5.75 Å². The van der Waals surface area contributed by atoms with E-state index in [1.807, 2.05) is 0 Å². The topological polar surface area (TPSA) is 92.3 Å². The molecule has 0 radical (unpaired) electrons. The number of alkyl halides is 1. The summed E-state index contributed by atoms with van der Waals surface area (Å²) in [5.74, 6) is -1.10. The summed E-state index contributed by atoms with van der Waals surface area (Å²) >= 11 is 0. The van der Waals surface area contributed by atoms with Crippen LogP contribution in [0.15, 0.2) is 29.1 Å². The Morgan fingerprint density at radius 3 is 2.80 bits per heavy atom. The maximum absolute atomic E-state index is 12.9. The first kappa shape index (κ1) is 13.7. The smallest absolute Gasteiger partial charge is 0.335 e. The van der Waals surface area contributed by atoms with Crippen molar-refractivity contribution < 1.29 is 19.0 Å². The quantitative estimate of drug-likeness (QED) is 0.892. The number of hydrogen-bond donors (Lipinski definition) is 2. The number of aromatic nitrogens is 2. The predicted octanol–water partition coefficient (Wildman–Crippen LogP) is 2.04. The van der Waals surface area contributed by atoms with Crippen LogP contribution in [-0.2, 0) is 6.67 Å². The number of halogens is 1. The lowest BCUT2D eigenvalue weighted by molar-refractivity contribution is 0.0696. The van der Waals surface area contributed by atoms with Gasteiger partial charge in [0.2, 0.25) is 0 Å². The number of hydrogen-bond acceptors (Lipinski definition) is 4. The van der Waals surface area contributed by atoms with Crippen molar-refractivity contribution in [1.82, 2.24) is 10.2 Å². The molecule has 2 rings (SSSR count). The average molecular weight is 278 g/mol. The van der Waals surface area contributed by atoms with Crippen LogP contribution in [0.25, 0.3) is 0 Å². The Morgan fingerprint density at radius 2 is 2.15 bits per heavy atom. The van der Waals surface area contributed by atoms with E-state index in [-0.39, 0.29) is 22.6 Å². The number of nitrogens with zero attached hydrogens (tertiary/aromatic N) is 1. The zero-order chi connectivity index (χ0) is 14.7. The lowest BCUT2D eigenvalue weighted by Gasteiger charge is -2.09. The van der Waals surface area contributed by atoms with Crippen molar-refractivity contribution in [3.05, 3.63) is 51.4 Å². The molecule has 7 heteroatoms. The molecule has 1 heterocycles. The summed E-state index contributed by atoms with van der Waals surface area (Å²) in [6.45, 7) is 0.755. The highest BCUT2D eigenvalue weighted by Crippen LogP contribution is 2.25. The number of aryl methyl sites for hydroxylation is 1. The minimum atomic E-state index is -1.16. The Labute approximate surface area is 112 Å². The number of carboxylic acids is 1. The summed E-state index contributed by atoms with van der Waals surface area (Å²) in [7, 11) is 0. The van der Waals surface area contributed by atoms with Crippen molar-refractivity contribution in [2.24, 2.45) is 0 Å². The van der Waals surface area contributed by atoms with Gasteiger partial charge in [0.25, 0.3) is 0 Å². The Balaban J connectivity index is 2.40. The molecule has 6 nitrogen and oxygen atoms in total. The molecule has 2 aromatic rings. The Bertz CT molecular complexity index is 712. The average Bonchev–Trinajstić information content (AvgIpc) is 2.43. The Morgan fingerprint density at radius 1 is 1.40 bits per heavy atom. The van der Waals surface area contributed by atoms with Crippen LogP contribution in [0, 0.1) is 6.92 Å². The molecule has 0 aliphatic rings. The second-order valence-electron chi connectivity index (χ2n) is 4.07. The molecular formula is C13H11FN2O4. The molecule has 0 saturated heterocycles. The fourth-order valence-electron chi connectivity index (χ4n) is 1.59. The van der Waals surface area contributed by atoms with Crippen LogP contribution < -0.4 is 10.3 Å². The maximum atomic E-state index is 12.9. The highest BCUT2D eigenvalue weighted by molar-refractivity contribution is 5.88. The van der Waals surface area contributed by atoms with Crippen molar-refractivity contribution >= 4 is 5.97 Å². The first-order valence-electron chi connectivity index (χ1n) is 5.67. The molecule has 0 saturated carbocycles. The summed E-state index contributed by atoms with van der Waals surface area (Å²) in [5, 5.41) is 14.8. The monoisotopic (exact) mass is 278 g/mol. The number of H-pyrrole nitrogens is 1. The molecule has 0 atom stereocenters. The predicted molar refractivity (Wildman–Crippen MR) is 67.9 cm³/mol. The first-order chi connectivity index (χ1) is 9.51. The van der Waals surface area contributed by atoms with E-state index in [1.54, 1.807) is 6.92 Å². The molecule has 0 aliphatic heterocycles. The summed E-state index contributed by atoms with van der Waals surface area (Å²) in [5.41, 5.74) is -0.0187. The van der Waals surface area contributed by atoms with E-state index >= 15 is 0 Å². The van der Waals surface area contributed by atoms with Crippen molar-refractivity contribution in [2.45, 2.75) is 13.6 Å². The fourth-order valence-corrected chi connectivity index (χ4v) is 1.59. The van der Waals surface area contributed by atoms with Crippen LogP contribution in [0.5, 0.6) is 11.5 Å². The molecular weight excluding hydrogens is 267 g/mol. The number of ether oxygens (including phenoxy) is 1. The summed E-state index contributed by atoms with van der Waals surface area (Å²) in [6.07, 6.45) is 0. The molecule has 0 aliphatic carbocycles. The minimum absolute atomic E-state index is 0.0322. The number of aromatic amines is 1. The molecule has 0 bridgehead atoms. The molecule has 1 aromatic heterocycles. The van der Waals surface area contributed by atoms with Crippen LogP contribution in [0.1, 0.15) is 21.6 Å². The van der Waals surface area contributed by atoms with Gasteiger partial charge in [-0.1, -0.05) is 0 Å². The number of aromatic carboxylic acids is 1. The number of rotatable bonds is 4. The van der Waals surface area contributed by atoms with E-state index in [0.29, 0.717) is 5.69 Å². The molecule has 1 aromatic carbocycles. The number of carboxylic acid groups (broad SMARTS) is 1. The van der Waals surface area contributed by atoms with Gasteiger partial charge >= 0.3 is 11.5 Å². The second kappa shape index (κ2) is 5.52. The van der Waals surface area contributed by atoms with Crippen molar-refractivity contribution in [3.8, 4) is 11.5 Å². The molecule has 0 amide bonds. The number of nitrogens with one attached hydrogen (secondary N) is 1. The molecule has 2 N–H and O–H groups in total. The molecule has 20 heavy (non-hydrogen) atoms. The maximum Gasteiger partial charge on any atom is 0.335 e. The van der Waals surface area contributed by atoms with Gasteiger partial charge in [0.1, 0.15) is 12.4 Å². The van der Waals surface area contributed by atoms with Crippen LogP contribution in [0.2, 0.25) is 0 Å². The number of carbonyl (C=O) groups is 1. The molecule has 0 unspecified atom stereocenters. The van der Waals surface area contributed by atoms with Gasteiger partial charge in [-0.2, -0.15) is 5.10 Å². The second-order valence-corrected chi connectivity index (χ2v) is 4.07. The van der Waals surface area contributed by atoms with Gasteiger partial charge in [0, 0.05) is 11.6 Å². The molecule has 104 valence electrons. The highest BCUT2D eigenvalue weighted by Gasteiger charge is 2.12. The van der Waals surface area contributed by atoms with Crippen LogP contribution in [-0.4, -0.2) is 21.3 Å². The number of benzene rings is 1. The Kier molecular flexibility index (Phi) is 3.79. The lowest BCUT2D eigenvalue weighted by Crippen LogP contribution is -2.11. The third-order valence-electron chi connectivity index (χ3n) is 2.57. The van der Waals surface area contributed by atoms with Gasteiger partial charge in [-0.15, -0.1) is 0 Å². The van der Waals surface area contributed by atoms with Crippen LogP contribution >= 0.6 is 0 Å². The van der Waals surface area contributed by atoms with Crippen molar-refractivity contribution in [1.29, 1.82) is 0 Å². The van der Waals surface area contributed by atoms with Crippen molar-refractivity contribution in [2.75, 3.05) is 0 Å². The van der Waals surface area contributed by atoms with Crippen LogP contribution in [0.3, 0.4) is 0 Å².